The van der Waals surface area contributed by atoms with Crippen LogP contribution in [0.25, 0.3) is 0 Å². The van der Waals surface area contributed by atoms with Gasteiger partial charge in [0.1, 0.15) is 6.33 Å². The summed E-state index contributed by atoms with van der Waals surface area (Å²) in [5.74, 6) is -0.0752. The highest BCUT2D eigenvalue weighted by atomic mass is 16.2. The summed E-state index contributed by atoms with van der Waals surface area (Å²) in [6.45, 7) is 0. The lowest BCUT2D eigenvalue weighted by Gasteiger charge is -1.95. The first kappa shape index (κ1) is 6.84. The summed E-state index contributed by atoms with van der Waals surface area (Å²) in [6, 6.07) is 1.72. The predicted molar refractivity (Wildman–Crippen MR) is 42.7 cm³/mol. The Morgan fingerprint density at radius 3 is 3.08 bits per heavy atom. The van der Waals surface area contributed by atoms with Gasteiger partial charge < -0.3 is 4.98 Å². The van der Waals surface area contributed by atoms with Crippen LogP contribution in [0.15, 0.2) is 37.2 Å². The maximum absolute atomic E-state index is 11.5. The smallest absolute Gasteiger partial charge is 0.264 e. The third kappa shape index (κ3) is 1.03. The molecule has 0 saturated carbocycles. The first-order valence-electron chi connectivity index (χ1n) is 3.53. The van der Waals surface area contributed by atoms with Crippen molar-refractivity contribution in [3.05, 3.63) is 42.7 Å². The Labute approximate surface area is 68.9 Å². The second kappa shape index (κ2) is 2.65. The van der Waals surface area contributed by atoms with E-state index in [0.717, 1.165) is 0 Å². The zero-order chi connectivity index (χ0) is 8.39. The molecule has 60 valence electrons. The van der Waals surface area contributed by atoms with Crippen LogP contribution in [0.1, 0.15) is 10.4 Å². The second-order valence-corrected chi connectivity index (χ2v) is 2.37. The first-order chi connectivity index (χ1) is 5.88. The van der Waals surface area contributed by atoms with Crippen molar-refractivity contribution < 1.29 is 4.79 Å². The minimum atomic E-state index is -0.0752. The van der Waals surface area contributed by atoms with E-state index >= 15 is 0 Å². The molecule has 0 spiro atoms. The van der Waals surface area contributed by atoms with Gasteiger partial charge in [0.2, 0.25) is 0 Å². The van der Waals surface area contributed by atoms with Crippen molar-refractivity contribution in [2.45, 2.75) is 0 Å². The fraction of sp³-hybridized carbons (Fsp3) is 0. The van der Waals surface area contributed by atoms with Gasteiger partial charge in [-0.2, -0.15) is 0 Å². The van der Waals surface area contributed by atoms with Crippen LogP contribution < -0.4 is 0 Å². The molecule has 0 unspecified atom stereocenters. The topological polar surface area (TPSA) is 50.7 Å². The highest BCUT2D eigenvalue weighted by Gasteiger charge is 2.06. The number of nitrogens with zero attached hydrogens (tertiary/aromatic N) is 2. The normalized spacial score (nSPS) is 10.0. The lowest BCUT2D eigenvalue weighted by molar-refractivity contribution is 0.0960. The molecule has 0 fully saturated rings. The molecular formula is C8H7N3O. The Kier molecular flexibility index (Phi) is 1.51. The van der Waals surface area contributed by atoms with E-state index in [1.807, 2.05) is 0 Å². The number of aromatic nitrogens is 3. The van der Waals surface area contributed by atoms with Gasteiger partial charge in [0.25, 0.3) is 5.91 Å². The van der Waals surface area contributed by atoms with Crippen LogP contribution in [-0.2, 0) is 0 Å². The number of imidazole rings is 1. The number of hydrogen-bond acceptors (Lipinski definition) is 2. The molecule has 1 N–H and O–H groups in total. The molecule has 0 aliphatic rings. The van der Waals surface area contributed by atoms with Gasteiger partial charge in [0.15, 0.2) is 0 Å². The molecule has 0 radical (unpaired) electrons. The van der Waals surface area contributed by atoms with Crippen molar-refractivity contribution in [2.75, 3.05) is 0 Å². The van der Waals surface area contributed by atoms with Crippen molar-refractivity contribution >= 4 is 5.91 Å². The van der Waals surface area contributed by atoms with Crippen molar-refractivity contribution in [2.24, 2.45) is 0 Å². The van der Waals surface area contributed by atoms with E-state index in [0.29, 0.717) is 5.56 Å². The van der Waals surface area contributed by atoms with Gasteiger partial charge in [-0.15, -0.1) is 0 Å². The third-order valence-corrected chi connectivity index (χ3v) is 1.58. The number of hydrogen-bond donors (Lipinski definition) is 1. The lowest BCUT2D eigenvalue weighted by atomic mass is 10.3. The molecule has 0 aromatic carbocycles. The second-order valence-electron chi connectivity index (χ2n) is 2.37. The average Bonchev–Trinajstić information content (AvgIpc) is 2.77. The number of carbonyl (C=O) groups excluding carboxylic acids is 1. The van der Waals surface area contributed by atoms with Gasteiger partial charge >= 0.3 is 0 Å². The zero-order valence-electron chi connectivity index (χ0n) is 6.27. The summed E-state index contributed by atoms with van der Waals surface area (Å²) in [4.78, 5) is 18.1. The molecule has 2 aromatic heterocycles. The Morgan fingerprint density at radius 2 is 2.50 bits per heavy atom. The number of H-pyrrole nitrogens is 1. The van der Waals surface area contributed by atoms with Gasteiger partial charge in [-0.3, -0.25) is 9.36 Å². The molecule has 4 heteroatoms. The SMILES string of the molecule is O=C(c1cc[nH]c1)n1ccnc1. The molecular weight excluding hydrogens is 154 g/mol. The van der Waals surface area contributed by atoms with Gasteiger partial charge in [-0.25, -0.2) is 4.98 Å². The van der Waals surface area contributed by atoms with E-state index in [1.54, 1.807) is 30.9 Å². The average molecular weight is 161 g/mol. The minimum absolute atomic E-state index is 0.0752. The van der Waals surface area contributed by atoms with Crippen LogP contribution in [0.3, 0.4) is 0 Å². The molecule has 4 nitrogen and oxygen atoms in total. The van der Waals surface area contributed by atoms with E-state index in [2.05, 4.69) is 9.97 Å². The van der Waals surface area contributed by atoms with Crippen molar-refractivity contribution in [3.63, 3.8) is 0 Å². The fourth-order valence-corrected chi connectivity index (χ4v) is 0.985. The maximum Gasteiger partial charge on any atom is 0.264 e. The zero-order valence-corrected chi connectivity index (χ0v) is 6.27. The highest BCUT2D eigenvalue weighted by Crippen LogP contribution is 2.00. The summed E-state index contributed by atoms with van der Waals surface area (Å²) < 4.78 is 1.43. The Bertz CT molecular complexity index is 325. The molecule has 0 saturated heterocycles. The summed E-state index contributed by atoms with van der Waals surface area (Å²) >= 11 is 0. The van der Waals surface area contributed by atoms with Gasteiger partial charge in [-0.05, 0) is 6.07 Å². The summed E-state index contributed by atoms with van der Waals surface area (Å²) in [7, 11) is 0. The Hall–Kier alpha value is -1.84. The lowest BCUT2D eigenvalue weighted by Crippen LogP contribution is -2.08. The molecule has 2 aromatic rings. The number of rotatable bonds is 1. The van der Waals surface area contributed by atoms with Crippen LogP contribution in [0.2, 0.25) is 0 Å². The van der Waals surface area contributed by atoms with Gasteiger partial charge in [-0.1, -0.05) is 0 Å². The first-order valence-corrected chi connectivity index (χ1v) is 3.53. The molecule has 0 aliphatic heterocycles. The maximum atomic E-state index is 11.5. The number of aromatic amines is 1. The monoisotopic (exact) mass is 161 g/mol. The fourth-order valence-electron chi connectivity index (χ4n) is 0.985. The van der Waals surface area contributed by atoms with Crippen LogP contribution in [-0.4, -0.2) is 20.4 Å². The summed E-state index contributed by atoms with van der Waals surface area (Å²) in [6.07, 6.45) is 8.04. The largest absolute Gasteiger partial charge is 0.367 e. The van der Waals surface area contributed by atoms with Crippen molar-refractivity contribution in [3.8, 4) is 0 Å². The van der Waals surface area contributed by atoms with Crippen molar-refractivity contribution in [1.29, 1.82) is 0 Å². The summed E-state index contributed by atoms with van der Waals surface area (Å²) in [5, 5.41) is 0. The standard InChI is InChI=1S/C8H7N3O/c12-8(7-1-2-9-5-7)11-4-3-10-6-11/h1-6,9H. The van der Waals surface area contributed by atoms with Gasteiger partial charge in [0, 0.05) is 24.8 Å². The van der Waals surface area contributed by atoms with E-state index in [9.17, 15) is 4.79 Å². The minimum Gasteiger partial charge on any atom is -0.367 e. The quantitative estimate of drug-likeness (QED) is 0.675. The van der Waals surface area contributed by atoms with Crippen LogP contribution >= 0.6 is 0 Å². The molecule has 0 aliphatic carbocycles. The van der Waals surface area contributed by atoms with Crippen LogP contribution in [0.5, 0.6) is 0 Å². The summed E-state index contributed by atoms with van der Waals surface area (Å²) in [5.41, 5.74) is 0.632. The Morgan fingerprint density at radius 1 is 1.58 bits per heavy atom. The van der Waals surface area contributed by atoms with Crippen molar-refractivity contribution in [1.82, 2.24) is 14.5 Å². The third-order valence-electron chi connectivity index (χ3n) is 1.58. The molecule has 12 heavy (non-hydrogen) atoms. The Balaban J connectivity index is 2.34. The number of carbonyl (C=O) groups is 1. The molecule has 0 atom stereocenters. The molecule has 2 heterocycles. The van der Waals surface area contributed by atoms with E-state index < -0.39 is 0 Å². The van der Waals surface area contributed by atoms with E-state index in [4.69, 9.17) is 0 Å². The van der Waals surface area contributed by atoms with Crippen LogP contribution in [0.4, 0.5) is 0 Å². The molecule has 0 amide bonds. The number of nitrogens with one attached hydrogen (secondary N) is 1. The van der Waals surface area contributed by atoms with Crippen LogP contribution in [0, 0.1) is 0 Å². The predicted octanol–water partition coefficient (Wildman–Crippen LogP) is 0.900. The highest BCUT2D eigenvalue weighted by molar-refractivity contribution is 5.95. The van der Waals surface area contributed by atoms with Gasteiger partial charge in [0.05, 0.1) is 5.56 Å². The van der Waals surface area contributed by atoms with E-state index in [-0.39, 0.29) is 5.91 Å². The molecule has 2 rings (SSSR count). The van der Waals surface area contributed by atoms with E-state index in [1.165, 1.54) is 10.9 Å². The molecule has 0 bridgehead atoms.